The van der Waals surface area contributed by atoms with E-state index in [1.54, 1.807) is 0 Å². The molecule has 0 N–H and O–H groups in total. The lowest BCUT2D eigenvalue weighted by atomic mass is 10.0. The highest BCUT2D eigenvalue weighted by atomic mass is 16.5. The topological polar surface area (TPSA) is 12.5 Å². The van der Waals surface area contributed by atoms with Crippen LogP contribution in [0.25, 0.3) is 0 Å². The lowest BCUT2D eigenvalue weighted by Crippen LogP contribution is -2.43. The summed E-state index contributed by atoms with van der Waals surface area (Å²) in [7, 11) is 0. The fraction of sp³-hybridized carbons (Fsp3) is 0.333. The van der Waals surface area contributed by atoms with E-state index in [0.717, 1.165) is 0 Å². The highest BCUT2D eigenvalue weighted by molar-refractivity contribution is 5.51. The van der Waals surface area contributed by atoms with Crippen molar-refractivity contribution in [2.75, 3.05) is 4.90 Å². The molecule has 1 aliphatic rings. The lowest BCUT2D eigenvalue weighted by molar-refractivity contribution is -0.0169. The number of ether oxygens (including phenoxy) is 1. The van der Waals surface area contributed by atoms with Gasteiger partial charge in [0.05, 0.1) is 6.04 Å². The number of hydrogen-bond acceptors (Lipinski definition) is 2. The molecule has 0 spiro atoms. The van der Waals surface area contributed by atoms with Crippen molar-refractivity contribution in [3.63, 3.8) is 0 Å². The normalized spacial score (nSPS) is 24.9. The smallest absolute Gasteiger partial charge is 0.136 e. The quantitative estimate of drug-likeness (QED) is 0.800. The molecule has 1 saturated heterocycles. The molecule has 0 radical (unpaired) electrons. The lowest BCUT2D eigenvalue weighted by Gasteiger charge is -2.34. The number of benzene rings is 2. The molecule has 0 bridgehead atoms. The van der Waals surface area contributed by atoms with Gasteiger partial charge in [-0.3, -0.25) is 0 Å². The van der Waals surface area contributed by atoms with Gasteiger partial charge in [-0.2, -0.15) is 0 Å². The molecule has 0 saturated carbocycles. The number of rotatable bonds is 2. The van der Waals surface area contributed by atoms with Crippen LogP contribution in [0.5, 0.6) is 0 Å². The predicted molar refractivity (Wildman–Crippen MR) is 82.7 cm³/mol. The second-order valence-corrected chi connectivity index (χ2v) is 5.84. The van der Waals surface area contributed by atoms with E-state index in [4.69, 9.17) is 4.74 Å². The van der Waals surface area contributed by atoms with Crippen LogP contribution in [0.3, 0.4) is 0 Å². The van der Waals surface area contributed by atoms with E-state index < -0.39 is 0 Å². The number of nitrogens with zero attached hydrogens (tertiary/aromatic N) is 1. The van der Waals surface area contributed by atoms with E-state index in [2.05, 4.69) is 74.2 Å². The van der Waals surface area contributed by atoms with Gasteiger partial charge < -0.3 is 9.64 Å². The van der Waals surface area contributed by atoms with Crippen LogP contribution in [-0.2, 0) is 4.74 Å². The zero-order valence-electron chi connectivity index (χ0n) is 12.3. The Morgan fingerprint density at radius 3 is 2.05 bits per heavy atom. The molecule has 0 unspecified atom stereocenters. The molecule has 0 aliphatic carbocycles. The number of para-hydroxylation sites is 1. The summed E-state index contributed by atoms with van der Waals surface area (Å²) in [5.41, 5.74) is 2.15. The third-order valence-corrected chi connectivity index (χ3v) is 4.00. The van der Waals surface area contributed by atoms with Gasteiger partial charge in [0.1, 0.15) is 11.8 Å². The van der Waals surface area contributed by atoms with Gasteiger partial charge in [0.2, 0.25) is 0 Å². The fourth-order valence-electron chi connectivity index (χ4n) is 3.22. The summed E-state index contributed by atoms with van der Waals surface area (Å²) < 4.78 is 6.34. The van der Waals surface area contributed by atoms with Crippen LogP contribution < -0.4 is 4.90 Å². The fourth-order valence-corrected chi connectivity index (χ4v) is 3.22. The Hall–Kier alpha value is -1.80. The molecule has 1 fully saturated rings. The van der Waals surface area contributed by atoms with Crippen molar-refractivity contribution in [2.24, 2.45) is 0 Å². The Balaban J connectivity index is 1.97. The summed E-state index contributed by atoms with van der Waals surface area (Å²) in [5, 5.41) is 0. The molecule has 2 aromatic rings. The van der Waals surface area contributed by atoms with E-state index in [1.807, 2.05) is 12.1 Å². The SMILES string of the molecule is C[C@@H]1[C@@H](c2ccccc2)OC(C)(C)N1c1ccccc1. The molecular formula is C18H21NO. The predicted octanol–water partition coefficient (Wildman–Crippen LogP) is 4.39. The summed E-state index contributed by atoms with van der Waals surface area (Å²) >= 11 is 0. The van der Waals surface area contributed by atoms with Crippen LogP contribution in [0, 0.1) is 0 Å². The highest BCUT2D eigenvalue weighted by Gasteiger charge is 2.45. The first kappa shape index (κ1) is 13.2. The number of anilines is 1. The van der Waals surface area contributed by atoms with Gasteiger partial charge in [-0.15, -0.1) is 0 Å². The second-order valence-electron chi connectivity index (χ2n) is 5.84. The molecular weight excluding hydrogens is 246 g/mol. The average Bonchev–Trinajstić information content (AvgIpc) is 2.71. The van der Waals surface area contributed by atoms with Gasteiger partial charge >= 0.3 is 0 Å². The van der Waals surface area contributed by atoms with Crippen molar-refractivity contribution >= 4 is 5.69 Å². The largest absolute Gasteiger partial charge is 0.346 e. The van der Waals surface area contributed by atoms with Crippen molar-refractivity contribution in [1.29, 1.82) is 0 Å². The Kier molecular flexibility index (Phi) is 3.27. The summed E-state index contributed by atoms with van der Waals surface area (Å²) in [4.78, 5) is 2.37. The van der Waals surface area contributed by atoms with Crippen LogP contribution in [0.1, 0.15) is 32.4 Å². The highest BCUT2D eigenvalue weighted by Crippen LogP contribution is 2.43. The van der Waals surface area contributed by atoms with Crippen LogP contribution in [0.4, 0.5) is 5.69 Å². The molecule has 2 atom stereocenters. The van der Waals surface area contributed by atoms with E-state index in [9.17, 15) is 0 Å². The Labute approximate surface area is 121 Å². The first-order chi connectivity index (χ1) is 9.59. The van der Waals surface area contributed by atoms with E-state index in [-0.39, 0.29) is 11.8 Å². The van der Waals surface area contributed by atoms with Gasteiger partial charge in [-0.25, -0.2) is 0 Å². The monoisotopic (exact) mass is 267 g/mol. The summed E-state index contributed by atoms with van der Waals surface area (Å²) in [6.45, 7) is 6.51. The summed E-state index contributed by atoms with van der Waals surface area (Å²) in [5.74, 6) is 0. The maximum absolute atomic E-state index is 6.34. The first-order valence-corrected chi connectivity index (χ1v) is 7.17. The molecule has 2 aromatic carbocycles. The molecule has 0 amide bonds. The molecule has 1 heterocycles. The van der Waals surface area contributed by atoms with Gasteiger partial charge in [0, 0.05) is 5.69 Å². The molecule has 20 heavy (non-hydrogen) atoms. The molecule has 1 aliphatic heterocycles. The van der Waals surface area contributed by atoms with Crippen LogP contribution in [0.15, 0.2) is 60.7 Å². The van der Waals surface area contributed by atoms with Crippen LogP contribution in [0.2, 0.25) is 0 Å². The van der Waals surface area contributed by atoms with Crippen molar-refractivity contribution in [2.45, 2.75) is 38.6 Å². The Morgan fingerprint density at radius 1 is 0.900 bits per heavy atom. The standard InChI is InChI=1S/C18H21NO/c1-14-17(15-10-6-4-7-11-15)20-18(2,3)19(14)16-12-8-5-9-13-16/h4-14,17H,1-3H3/t14-,17+/m1/s1. The second kappa shape index (κ2) is 4.95. The third-order valence-electron chi connectivity index (χ3n) is 4.00. The van der Waals surface area contributed by atoms with Gasteiger partial charge in [-0.05, 0) is 38.5 Å². The zero-order chi connectivity index (χ0) is 14.2. The van der Waals surface area contributed by atoms with E-state index in [0.29, 0.717) is 6.04 Å². The minimum atomic E-state index is -0.304. The maximum atomic E-state index is 6.34. The third kappa shape index (κ3) is 2.20. The van der Waals surface area contributed by atoms with Gasteiger partial charge in [0.25, 0.3) is 0 Å². The van der Waals surface area contributed by atoms with Crippen molar-refractivity contribution in [3.8, 4) is 0 Å². The summed E-state index contributed by atoms with van der Waals surface area (Å²) in [6.07, 6.45) is 0.103. The molecule has 2 heteroatoms. The first-order valence-electron chi connectivity index (χ1n) is 7.17. The number of hydrogen-bond donors (Lipinski definition) is 0. The Bertz CT molecular complexity index is 564. The molecule has 104 valence electrons. The van der Waals surface area contributed by atoms with Gasteiger partial charge in [-0.1, -0.05) is 48.5 Å². The maximum Gasteiger partial charge on any atom is 0.136 e. The minimum Gasteiger partial charge on any atom is -0.346 e. The van der Waals surface area contributed by atoms with Crippen molar-refractivity contribution in [3.05, 3.63) is 66.2 Å². The summed E-state index contributed by atoms with van der Waals surface area (Å²) in [6, 6.07) is 21.3. The van der Waals surface area contributed by atoms with E-state index >= 15 is 0 Å². The minimum absolute atomic E-state index is 0.103. The Morgan fingerprint density at radius 2 is 1.45 bits per heavy atom. The molecule has 2 nitrogen and oxygen atoms in total. The van der Waals surface area contributed by atoms with Crippen LogP contribution >= 0.6 is 0 Å². The van der Waals surface area contributed by atoms with Crippen molar-refractivity contribution < 1.29 is 4.74 Å². The molecule has 3 rings (SSSR count). The van der Waals surface area contributed by atoms with E-state index in [1.165, 1.54) is 11.3 Å². The zero-order valence-corrected chi connectivity index (χ0v) is 12.3. The average molecular weight is 267 g/mol. The van der Waals surface area contributed by atoms with Gasteiger partial charge in [0.15, 0.2) is 0 Å². The molecule has 0 aromatic heterocycles. The van der Waals surface area contributed by atoms with Crippen molar-refractivity contribution in [1.82, 2.24) is 0 Å². The van der Waals surface area contributed by atoms with Crippen LogP contribution in [-0.4, -0.2) is 11.8 Å².